The molecule has 0 aliphatic carbocycles. The maximum absolute atomic E-state index is 10.2. The predicted octanol–water partition coefficient (Wildman–Crippen LogP) is -1.62. The summed E-state index contributed by atoms with van der Waals surface area (Å²) in [7, 11) is 0. The van der Waals surface area contributed by atoms with E-state index < -0.39 is 0 Å². The van der Waals surface area contributed by atoms with E-state index in [9.17, 15) is 4.79 Å². The van der Waals surface area contributed by atoms with Crippen LogP contribution in [0.15, 0.2) is 0 Å². The van der Waals surface area contributed by atoms with Crippen LogP contribution in [0.4, 0.5) is 0 Å². The molecule has 0 bridgehead atoms. The highest BCUT2D eigenvalue weighted by atomic mass is 32.1. The topological polar surface area (TPSA) is 79.2 Å². The molecule has 9 heavy (non-hydrogen) atoms. The minimum Gasteiger partial charge on any atom is -0.300 e. The zero-order valence-corrected chi connectivity index (χ0v) is 5.71. The van der Waals surface area contributed by atoms with Crippen LogP contribution >= 0.6 is 12.2 Å². The van der Waals surface area contributed by atoms with Crippen molar-refractivity contribution < 1.29 is 4.79 Å². The third kappa shape index (κ3) is 4.98. The number of rotatable bonds is 0. The van der Waals surface area contributed by atoms with Crippen LogP contribution in [-0.2, 0) is 4.79 Å². The number of thiocarbonyl (C=S) groups is 1. The van der Waals surface area contributed by atoms with E-state index in [2.05, 4.69) is 28.5 Å². The number of carbonyl (C=O) groups is 1. The molecule has 52 valence electrons. The van der Waals surface area contributed by atoms with E-state index in [4.69, 9.17) is 5.84 Å². The standard InChI is InChI=1S/C3H8N4OS/c1-2(8)6-7-3(9)5-4/h4H2,1H3,(H,6,8)(H2,5,7,9). The van der Waals surface area contributed by atoms with Crippen LogP contribution in [-0.4, -0.2) is 11.0 Å². The molecule has 0 rings (SSSR count). The van der Waals surface area contributed by atoms with Crippen LogP contribution in [0.5, 0.6) is 0 Å². The lowest BCUT2D eigenvalue weighted by Gasteiger charge is -2.04. The average Bonchev–Trinajstić information content (AvgIpc) is 1.83. The molecule has 0 unspecified atom stereocenters. The van der Waals surface area contributed by atoms with E-state index in [1.54, 1.807) is 0 Å². The summed E-state index contributed by atoms with van der Waals surface area (Å²) in [5.74, 6) is 4.62. The number of hydrogen-bond donors (Lipinski definition) is 4. The zero-order chi connectivity index (χ0) is 7.28. The second-order valence-corrected chi connectivity index (χ2v) is 1.69. The second-order valence-electron chi connectivity index (χ2n) is 1.28. The Balaban J connectivity index is 3.28. The highest BCUT2D eigenvalue weighted by molar-refractivity contribution is 7.80. The van der Waals surface area contributed by atoms with Crippen molar-refractivity contribution in [2.24, 2.45) is 5.84 Å². The SMILES string of the molecule is CC(=O)NNC(=S)NN. The first-order valence-electron chi connectivity index (χ1n) is 2.20. The molecule has 0 heterocycles. The second kappa shape index (κ2) is 4.04. The molecule has 0 spiro atoms. The van der Waals surface area contributed by atoms with Crippen molar-refractivity contribution in [1.82, 2.24) is 16.3 Å². The van der Waals surface area contributed by atoms with Gasteiger partial charge in [0.1, 0.15) is 0 Å². The van der Waals surface area contributed by atoms with Gasteiger partial charge in [0, 0.05) is 6.92 Å². The minimum absolute atomic E-state index is 0.171. The van der Waals surface area contributed by atoms with Gasteiger partial charge in [0.25, 0.3) is 0 Å². The van der Waals surface area contributed by atoms with Crippen LogP contribution in [0, 0.1) is 0 Å². The highest BCUT2D eigenvalue weighted by Crippen LogP contribution is 1.56. The van der Waals surface area contributed by atoms with Crippen LogP contribution in [0.2, 0.25) is 0 Å². The van der Waals surface area contributed by atoms with Crippen LogP contribution in [0.3, 0.4) is 0 Å². The third-order valence-corrected chi connectivity index (χ3v) is 0.703. The van der Waals surface area contributed by atoms with Gasteiger partial charge in [0.2, 0.25) is 5.91 Å². The fourth-order valence-electron chi connectivity index (χ4n) is 0.181. The van der Waals surface area contributed by atoms with Crippen molar-refractivity contribution >= 4 is 23.2 Å². The van der Waals surface area contributed by atoms with Gasteiger partial charge in [-0.1, -0.05) is 0 Å². The number of hydrazine groups is 2. The smallest absolute Gasteiger partial charge is 0.235 e. The molecular formula is C3H8N4OS. The summed E-state index contributed by atoms with van der Waals surface area (Å²) in [4.78, 5) is 10.2. The van der Waals surface area contributed by atoms with Crippen molar-refractivity contribution in [2.75, 3.05) is 0 Å². The van der Waals surface area contributed by atoms with Crippen molar-refractivity contribution in [3.05, 3.63) is 0 Å². The maximum Gasteiger partial charge on any atom is 0.235 e. The first kappa shape index (κ1) is 8.12. The number of nitrogens with one attached hydrogen (secondary N) is 3. The molecule has 0 aromatic heterocycles. The number of amides is 1. The summed E-state index contributed by atoms with van der Waals surface area (Å²) in [5.41, 5.74) is 6.68. The molecule has 0 aromatic carbocycles. The monoisotopic (exact) mass is 148 g/mol. The summed E-state index contributed by atoms with van der Waals surface area (Å²) in [5, 5.41) is 0.171. The largest absolute Gasteiger partial charge is 0.300 e. The Morgan fingerprint density at radius 3 is 2.44 bits per heavy atom. The molecule has 6 heteroatoms. The molecule has 0 atom stereocenters. The van der Waals surface area contributed by atoms with Gasteiger partial charge in [-0.15, -0.1) is 0 Å². The highest BCUT2D eigenvalue weighted by Gasteiger charge is 1.89. The van der Waals surface area contributed by atoms with E-state index in [0.717, 1.165) is 0 Å². The molecule has 5 N–H and O–H groups in total. The lowest BCUT2D eigenvalue weighted by atomic mass is 10.8. The Morgan fingerprint density at radius 2 is 2.11 bits per heavy atom. The Labute approximate surface area is 57.9 Å². The molecule has 0 aliphatic heterocycles. The lowest BCUT2D eigenvalue weighted by Crippen LogP contribution is -2.48. The summed E-state index contributed by atoms with van der Waals surface area (Å²) < 4.78 is 0. The predicted molar refractivity (Wildman–Crippen MR) is 36.9 cm³/mol. The Hall–Kier alpha value is -0.880. The van der Waals surface area contributed by atoms with E-state index in [1.165, 1.54) is 6.92 Å². The number of carbonyl (C=O) groups excluding carboxylic acids is 1. The van der Waals surface area contributed by atoms with E-state index in [1.807, 2.05) is 0 Å². The quantitative estimate of drug-likeness (QED) is 0.188. The summed E-state index contributed by atoms with van der Waals surface area (Å²) in [6.07, 6.45) is 0. The van der Waals surface area contributed by atoms with Gasteiger partial charge in [0.05, 0.1) is 0 Å². The molecule has 0 saturated heterocycles. The molecule has 5 nitrogen and oxygen atoms in total. The van der Waals surface area contributed by atoms with Crippen molar-refractivity contribution in [1.29, 1.82) is 0 Å². The van der Waals surface area contributed by atoms with Crippen molar-refractivity contribution in [3.63, 3.8) is 0 Å². The van der Waals surface area contributed by atoms with Crippen LogP contribution < -0.4 is 22.1 Å². The van der Waals surface area contributed by atoms with Crippen LogP contribution in [0.1, 0.15) is 6.92 Å². The summed E-state index contributed by atoms with van der Waals surface area (Å²) in [6.45, 7) is 1.35. The fourth-order valence-corrected chi connectivity index (χ4v) is 0.232. The number of hydrogen-bond acceptors (Lipinski definition) is 3. The molecule has 0 fully saturated rings. The Bertz CT molecular complexity index is 125. The molecule has 1 amide bonds. The fraction of sp³-hybridized carbons (Fsp3) is 0.333. The normalized spacial score (nSPS) is 7.78. The van der Waals surface area contributed by atoms with Gasteiger partial charge in [-0.3, -0.25) is 21.1 Å². The Kier molecular flexibility index (Phi) is 3.65. The third-order valence-electron chi connectivity index (χ3n) is 0.483. The summed E-state index contributed by atoms with van der Waals surface area (Å²) >= 11 is 4.51. The molecule has 0 aliphatic rings. The van der Waals surface area contributed by atoms with E-state index in [0.29, 0.717) is 0 Å². The van der Waals surface area contributed by atoms with Gasteiger partial charge in [0.15, 0.2) is 5.11 Å². The molecule has 0 saturated carbocycles. The zero-order valence-electron chi connectivity index (χ0n) is 4.89. The van der Waals surface area contributed by atoms with Crippen molar-refractivity contribution in [3.8, 4) is 0 Å². The molecular weight excluding hydrogens is 140 g/mol. The van der Waals surface area contributed by atoms with Gasteiger partial charge >= 0.3 is 0 Å². The number of nitrogens with two attached hydrogens (primary N) is 1. The summed E-state index contributed by atoms with van der Waals surface area (Å²) in [6, 6.07) is 0. The van der Waals surface area contributed by atoms with E-state index >= 15 is 0 Å². The average molecular weight is 148 g/mol. The first-order valence-corrected chi connectivity index (χ1v) is 2.61. The van der Waals surface area contributed by atoms with Gasteiger partial charge in [-0.05, 0) is 12.2 Å². The van der Waals surface area contributed by atoms with E-state index in [-0.39, 0.29) is 11.0 Å². The van der Waals surface area contributed by atoms with Crippen LogP contribution in [0.25, 0.3) is 0 Å². The molecule has 0 radical (unpaired) electrons. The van der Waals surface area contributed by atoms with Gasteiger partial charge < -0.3 is 0 Å². The van der Waals surface area contributed by atoms with Crippen molar-refractivity contribution in [2.45, 2.75) is 6.92 Å². The van der Waals surface area contributed by atoms with Gasteiger partial charge in [-0.2, -0.15) is 0 Å². The maximum atomic E-state index is 10.2. The first-order chi connectivity index (χ1) is 4.16. The van der Waals surface area contributed by atoms with Gasteiger partial charge in [-0.25, -0.2) is 5.84 Å². The lowest BCUT2D eigenvalue weighted by molar-refractivity contribution is -0.119. The minimum atomic E-state index is -0.229. The molecule has 0 aromatic rings. The Morgan fingerprint density at radius 1 is 1.56 bits per heavy atom.